The minimum Gasteiger partial charge on any atom is -0.493 e. The standard InChI is InChI=1S/C23H24ClN3O5.ClH/c1-12-14(24)5-4-6-15(12)27-23-13-7-17(28-2)18(8-16(13)25-11-26-23)32-20-10-31-21-19(29-3)9-30-22(20)21;/h4-8,11,19-22H,9-10H2,1-3H3,(H,25,26,27);1H/t19-,20-,21+,22+;/m0./s1. The molecule has 0 spiro atoms. The van der Waals surface area contributed by atoms with Crippen molar-refractivity contribution in [1.29, 1.82) is 0 Å². The summed E-state index contributed by atoms with van der Waals surface area (Å²) in [6.45, 7) is 2.86. The van der Waals surface area contributed by atoms with E-state index in [0.29, 0.717) is 35.6 Å². The van der Waals surface area contributed by atoms with Crippen molar-refractivity contribution in [3.8, 4) is 11.5 Å². The number of hydrogen-bond donors (Lipinski definition) is 1. The van der Waals surface area contributed by atoms with Crippen molar-refractivity contribution in [1.82, 2.24) is 9.97 Å². The van der Waals surface area contributed by atoms with Gasteiger partial charge in [0.15, 0.2) is 17.6 Å². The first kappa shape index (κ1) is 23.8. The molecule has 8 nitrogen and oxygen atoms in total. The molecule has 33 heavy (non-hydrogen) atoms. The molecule has 2 fully saturated rings. The third kappa shape index (κ3) is 4.41. The molecule has 0 unspecified atom stereocenters. The second-order valence-electron chi connectivity index (χ2n) is 7.81. The third-order valence-electron chi connectivity index (χ3n) is 5.99. The van der Waals surface area contributed by atoms with E-state index in [4.69, 9.17) is 35.3 Å². The Morgan fingerprint density at radius 2 is 1.79 bits per heavy atom. The number of benzene rings is 2. The van der Waals surface area contributed by atoms with Crippen LogP contribution in [0.15, 0.2) is 36.7 Å². The van der Waals surface area contributed by atoms with E-state index >= 15 is 0 Å². The zero-order valence-electron chi connectivity index (χ0n) is 18.4. The minimum atomic E-state index is -0.264. The molecule has 0 bridgehead atoms. The highest BCUT2D eigenvalue weighted by atomic mass is 35.5. The van der Waals surface area contributed by atoms with Crippen LogP contribution in [0.4, 0.5) is 11.5 Å². The highest BCUT2D eigenvalue weighted by molar-refractivity contribution is 6.31. The van der Waals surface area contributed by atoms with E-state index in [2.05, 4.69) is 15.3 Å². The first-order valence-electron chi connectivity index (χ1n) is 10.4. The van der Waals surface area contributed by atoms with Crippen LogP contribution in [0.25, 0.3) is 10.9 Å². The number of nitrogens with one attached hydrogen (secondary N) is 1. The molecule has 2 aliphatic rings. The molecule has 0 saturated carbocycles. The smallest absolute Gasteiger partial charge is 0.164 e. The Kier molecular flexibility index (Phi) is 7.11. The predicted octanol–water partition coefficient (Wildman–Crippen LogP) is 4.33. The molecule has 4 atom stereocenters. The quantitative estimate of drug-likeness (QED) is 0.543. The Hall–Kier alpha value is -2.36. The average molecular weight is 494 g/mol. The zero-order chi connectivity index (χ0) is 22.2. The number of rotatable bonds is 6. The maximum absolute atomic E-state index is 6.28. The van der Waals surface area contributed by atoms with Gasteiger partial charge in [0, 0.05) is 29.3 Å². The second-order valence-corrected chi connectivity index (χ2v) is 8.21. The summed E-state index contributed by atoms with van der Waals surface area (Å²) in [6, 6.07) is 9.42. The van der Waals surface area contributed by atoms with E-state index in [-0.39, 0.29) is 36.8 Å². The summed E-state index contributed by atoms with van der Waals surface area (Å²) in [7, 11) is 3.27. The van der Waals surface area contributed by atoms with Crippen molar-refractivity contribution in [2.75, 3.05) is 32.8 Å². The topological polar surface area (TPSA) is 84.0 Å². The van der Waals surface area contributed by atoms with E-state index in [9.17, 15) is 0 Å². The molecule has 2 aliphatic heterocycles. The lowest BCUT2D eigenvalue weighted by Gasteiger charge is -2.20. The number of methoxy groups -OCH3 is 2. The van der Waals surface area contributed by atoms with Crippen LogP contribution in [-0.4, -0.2) is 61.8 Å². The van der Waals surface area contributed by atoms with Crippen molar-refractivity contribution in [3.63, 3.8) is 0 Å². The van der Waals surface area contributed by atoms with Gasteiger partial charge in [-0.15, -0.1) is 12.4 Å². The molecular weight excluding hydrogens is 469 g/mol. The van der Waals surface area contributed by atoms with Gasteiger partial charge < -0.3 is 29.0 Å². The van der Waals surface area contributed by atoms with Gasteiger partial charge >= 0.3 is 0 Å². The number of halogens is 2. The Morgan fingerprint density at radius 3 is 2.55 bits per heavy atom. The molecule has 0 aliphatic carbocycles. The average Bonchev–Trinajstić information content (AvgIpc) is 3.39. The summed E-state index contributed by atoms with van der Waals surface area (Å²) in [5, 5.41) is 4.84. The van der Waals surface area contributed by atoms with Gasteiger partial charge in [0.2, 0.25) is 0 Å². The van der Waals surface area contributed by atoms with Crippen LogP contribution < -0.4 is 14.8 Å². The lowest BCUT2D eigenvalue weighted by atomic mass is 10.1. The number of aromatic nitrogens is 2. The number of ether oxygens (including phenoxy) is 5. The molecule has 1 aromatic heterocycles. The molecular formula is C23H25Cl2N3O5. The fourth-order valence-electron chi connectivity index (χ4n) is 4.18. The molecule has 5 rings (SSSR count). The fraction of sp³-hybridized carbons (Fsp3) is 0.391. The summed E-state index contributed by atoms with van der Waals surface area (Å²) < 4.78 is 29.1. The largest absolute Gasteiger partial charge is 0.493 e. The van der Waals surface area contributed by atoms with Crippen molar-refractivity contribution in [2.24, 2.45) is 0 Å². The van der Waals surface area contributed by atoms with Gasteiger partial charge in [0.25, 0.3) is 0 Å². The van der Waals surface area contributed by atoms with Crippen molar-refractivity contribution in [2.45, 2.75) is 31.3 Å². The van der Waals surface area contributed by atoms with Gasteiger partial charge in [-0.3, -0.25) is 0 Å². The summed E-state index contributed by atoms with van der Waals surface area (Å²) in [5.74, 6) is 1.79. The number of hydrogen-bond acceptors (Lipinski definition) is 8. The van der Waals surface area contributed by atoms with E-state index < -0.39 is 0 Å². The van der Waals surface area contributed by atoms with Crippen molar-refractivity contribution >= 4 is 46.4 Å². The number of nitrogens with zero attached hydrogens (tertiary/aromatic N) is 2. The maximum Gasteiger partial charge on any atom is 0.164 e. The second kappa shape index (κ2) is 9.87. The SMILES string of the molecule is COc1cc2c(Nc3cccc(Cl)c3C)ncnc2cc1O[C@H]1CO[C@H]2[C@@H]1OC[C@@H]2OC.Cl. The van der Waals surface area contributed by atoms with E-state index in [0.717, 1.165) is 22.2 Å². The monoisotopic (exact) mass is 493 g/mol. The molecule has 10 heteroatoms. The van der Waals surface area contributed by atoms with E-state index in [1.807, 2.05) is 37.3 Å². The Bertz CT molecular complexity index is 1150. The van der Waals surface area contributed by atoms with Crippen LogP contribution in [0.1, 0.15) is 5.56 Å². The molecule has 2 saturated heterocycles. The summed E-state index contributed by atoms with van der Waals surface area (Å²) >= 11 is 6.27. The van der Waals surface area contributed by atoms with Crippen LogP contribution in [0.5, 0.6) is 11.5 Å². The van der Waals surface area contributed by atoms with E-state index in [1.165, 1.54) is 6.33 Å². The summed E-state index contributed by atoms with van der Waals surface area (Å²) in [4.78, 5) is 8.86. The Labute approximate surface area is 202 Å². The highest BCUT2D eigenvalue weighted by Crippen LogP contribution is 2.38. The van der Waals surface area contributed by atoms with Gasteiger partial charge in [0.05, 0.1) is 25.8 Å². The van der Waals surface area contributed by atoms with Crippen molar-refractivity contribution < 1.29 is 23.7 Å². The van der Waals surface area contributed by atoms with Gasteiger partial charge in [-0.2, -0.15) is 0 Å². The van der Waals surface area contributed by atoms with E-state index in [1.54, 1.807) is 14.2 Å². The van der Waals surface area contributed by atoms with Gasteiger partial charge in [0.1, 0.15) is 30.5 Å². The van der Waals surface area contributed by atoms with Crippen molar-refractivity contribution in [3.05, 3.63) is 47.2 Å². The zero-order valence-corrected chi connectivity index (χ0v) is 20.0. The van der Waals surface area contributed by atoms with Gasteiger partial charge in [-0.25, -0.2) is 9.97 Å². The normalized spacial score (nSPS) is 23.8. The minimum absolute atomic E-state index is 0. The molecule has 176 valence electrons. The van der Waals surface area contributed by atoms with Gasteiger partial charge in [-0.05, 0) is 30.7 Å². The molecule has 3 aromatic rings. The third-order valence-corrected chi connectivity index (χ3v) is 6.39. The van der Waals surface area contributed by atoms with Crippen LogP contribution >= 0.6 is 24.0 Å². The lowest BCUT2D eigenvalue weighted by Crippen LogP contribution is -2.35. The lowest BCUT2D eigenvalue weighted by molar-refractivity contribution is -0.0140. The van der Waals surface area contributed by atoms with Crippen LogP contribution in [0.2, 0.25) is 5.02 Å². The van der Waals surface area contributed by atoms with Crippen LogP contribution in [-0.2, 0) is 14.2 Å². The summed E-state index contributed by atoms with van der Waals surface area (Å²) in [5.41, 5.74) is 2.53. The number of anilines is 2. The molecule has 1 N–H and O–H groups in total. The van der Waals surface area contributed by atoms with Crippen LogP contribution in [0, 0.1) is 6.92 Å². The number of fused-ring (bicyclic) bond motifs is 2. The molecule has 3 heterocycles. The Morgan fingerprint density at radius 1 is 1.03 bits per heavy atom. The highest BCUT2D eigenvalue weighted by Gasteiger charge is 2.49. The Balaban J connectivity index is 0.00000259. The first-order valence-corrected chi connectivity index (χ1v) is 10.7. The maximum atomic E-state index is 6.28. The first-order chi connectivity index (χ1) is 15.6. The molecule has 0 amide bonds. The predicted molar refractivity (Wildman–Crippen MR) is 128 cm³/mol. The molecule has 0 radical (unpaired) electrons. The summed E-state index contributed by atoms with van der Waals surface area (Å²) in [6.07, 6.45) is 0.853. The van der Waals surface area contributed by atoms with Crippen LogP contribution in [0.3, 0.4) is 0 Å². The fourth-order valence-corrected chi connectivity index (χ4v) is 4.36. The molecule has 2 aromatic carbocycles. The van der Waals surface area contributed by atoms with Gasteiger partial charge in [-0.1, -0.05) is 17.7 Å².